The smallest absolute Gasteiger partial charge is 0.163 e. The fraction of sp³-hybridized carbons (Fsp3) is 0.538. The fourth-order valence-corrected chi connectivity index (χ4v) is 1.90. The highest BCUT2D eigenvalue weighted by atomic mass is 16.5. The van der Waals surface area contributed by atoms with Crippen molar-refractivity contribution in [3.63, 3.8) is 0 Å². The maximum atomic E-state index is 9.39. The van der Waals surface area contributed by atoms with Gasteiger partial charge in [0.05, 0.1) is 20.8 Å². The molecule has 0 aromatic heterocycles. The summed E-state index contributed by atoms with van der Waals surface area (Å²) in [5.74, 6) is 1.46. The van der Waals surface area contributed by atoms with Crippen LogP contribution in [0.1, 0.15) is 25.0 Å². The average molecular weight is 224 g/mol. The molecule has 0 saturated heterocycles. The van der Waals surface area contributed by atoms with E-state index < -0.39 is 0 Å². The van der Waals surface area contributed by atoms with E-state index in [-0.39, 0.29) is 12.0 Å². The number of aliphatic hydroxyl groups is 1. The van der Waals surface area contributed by atoms with Crippen molar-refractivity contribution in [2.75, 3.05) is 20.8 Å². The van der Waals surface area contributed by atoms with Gasteiger partial charge in [-0.3, -0.25) is 0 Å². The van der Waals surface area contributed by atoms with Crippen LogP contribution in [-0.4, -0.2) is 25.9 Å². The van der Waals surface area contributed by atoms with E-state index in [1.165, 1.54) is 0 Å². The van der Waals surface area contributed by atoms with Crippen molar-refractivity contribution in [3.05, 3.63) is 23.3 Å². The maximum Gasteiger partial charge on any atom is 0.163 e. The zero-order chi connectivity index (χ0) is 12.3. The summed E-state index contributed by atoms with van der Waals surface area (Å²) in [6.07, 6.45) is 0. The van der Waals surface area contributed by atoms with E-state index in [4.69, 9.17) is 9.47 Å². The SMILES string of the molecule is COc1ccc(C(C)(C)CO)c(C)c1OC. The van der Waals surface area contributed by atoms with Crippen LogP contribution in [0, 0.1) is 6.92 Å². The molecule has 0 bridgehead atoms. The molecule has 0 spiro atoms. The van der Waals surface area contributed by atoms with Gasteiger partial charge in [-0.05, 0) is 24.1 Å². The minimum absolute atomic E-state index is 0.101. The third kappa shape index (κ3) is 2.14. The minimum Gasteiger partial charge on any atom is -0.493 e. The number of benzene rings is 1. The molecule has 0 heterocycles. The van der Waals surface area contributed by atoms with Crippen LogP contribution in [0.15, 0.2) is 12.1 Å². The zero-order valence-corrected chi connectivity index (χ0v) is 10.6. The Morgan fingerprint density at radius 3 is 2.25 bits per heavy atom. The highest BCUT2D eigenvalue weighted by Crippen LogP contribution is 2.37. The highest BCUT2D eigenvalue weighted by Gasteiger charge is 2.24. The van der Waals surface area contributed by atoms with Gasteiger partial charge in [0.15, 0.2) is 11.5 Å². The van der Waals surface area contributed by atoms with Crippen molar-refractivity contribution in [1.29, 1.82) is 0 Å². The Morgan fingerprint density at radius 1 is 1.19 bits per heavy atom. The Balaban J connectivity index is 3.35. The Morgan fingerprint density at radius 2 is 1.81 bits per heavy atom. The molecule has 0 saturated carbocycles. The summed E-state index contributed by atoms with van der Waals surface area (Å²) < 4.78 is 10.6. The van der Waals surface area contributed by atoms with Crippen molar-refractivity contribution in [3.8, 4) is 11.5 Å². The first-order valence-electron chi connectivity index (χ1n) is 5.31. The van der Waals surface area contributed by atoms with Crippen LogP contribution in [0.25, 0.3) is 0 Å². The lowest BCUT2D eigenvalue weighted by Gasteiger charge is -2.26. The lowest BCUT2D eigenvalue weighted by molar-refractivity contribution is 0.217. The lowest BCUT2D eigenvalue weighted by atomic mass is 9.82. The van der Waals surface area contributed by atoms with E-state index >= 15 is 0 Å². The minimum atomic E-state index is -0.274. The number of ether oxygens (including phenoxy) is 2. The molecule has 3 nitrogen and oxygen atoms in total. The molecular weight excluding hydrogens is 204 g/mol. The van der Waals surface area contributed by atoms with Crippen molar-refractivity contribution >= 4 is 0 Å². The third-order valence-electron chi connectivity index (χ3n) is 2.92. The van der Waals surface area contributed by atoms with E-state index in [2.05, 4.69) is 0 Å². The number of hydrogen-bond acceptors (Lipinski definition) is 3. The molecule has 0 radical (unpaired) electrons. The number of aliphatic hydroxyl groups excluding tert-OH is 1. The van der Waals surface area contributed by atoms with E-state index in [0.717, 1.165) is 22.6 Å². The summed E-state index contributed by atoms with van der Waals surface area (Å²) in [7, 11) is 3.24. The molecule has 1 aromatic rings. The van der Waals surface area contributed by atoms with E-state index in [1.54, 1.807) is 14.2 Å². The molecule has 0 fully saturated rings. The number of methoxy groups -OCH3 is 2. The molecule has 1 aromatic carbocycles. The number of rotatable bonds is 4. The first-order chi connectivity index (χ1) is 7.47. The van der Waals surface area contributed by atoms with Crippen LogP contribution in [0.3, 0.4) is 0 Å². The predicted octanol–water partition coefficient (Wildman–Crippen LogP) is 2.28. The topological polar surface area (TPSA) is 38.7 Å². The molecule has 0 aliphatic heterocycles. The molecule has 0 unspecified atom stereocenters. The summed E-state index contributed by atoms with van der Waals surface area (Å²) in [5.41, 5.74) is 1.82. The van der Waals surface area contributed by atoms with Crippen molar-refractivity contribution < 1.29 is 14.6 Å². The largest absolute Gasteiger partial charge is 0.493 e. The van der Waals surface area contributed by atoms with Gasteiger partial charge in [0.25, 0.3) is 0 Å². The first kappa shape index (κ1) is 12.8. The summed E-state index contributed by atoms with van der Waals surface area (Å²) in [6, 6.07) is 3.85. The summed E-state index contributed by atoms with van der Waals surface area (Å²) in [4.78, 5) is 0. The molecule has 90 valence electrons. The second-order valence-corrected chi connectivity index (χ2v) is 4.52. The van der Waals surface area contributed by atoms with Crippen molar-refractivity contribution in [2.24, 2.45) is 0 Å². The second-order valence-electron chi connectivity index (χ2n) is 4.52. The molecule has 0 aliphatic rings. The van der Waals surface area contributed by atoms with Crippen LogP contribution in [0.5, 0.6) is 11.5 Å². The first-order valence-corrected chi connectivity index (χ1v) is 5.31. The van der Waals surface area contributed by atoms with Crippen LogP contribution in [-0.2, 0) is 5.41 Å². The van der Waals surface area contributed by atoms with Gasteiger partial charge in [-0.15, -0.1) is 0 Å². The van der Waals surface area contributed by atoms with Gasteiger partial charge in [0, 0.05) is 5.41 Å². The van der Waals surface area contributed by atoms with Crippen molar-refractivity contribution in [1.82, 2.24) is 0 Å². The monoisotopic (exact) mass is 224 g/mol. The van der Waals surface area contributed by atoms with E-state index in [0.29, 0.717) is 0 Å². The van der Waals surface area contributed by atoms with Gasteiger partial charge in [-0.2, -0.15) is 0 Å². The van der Waals surface area contributed by atoms with Gasteiger partial charge < -0.3 is 14.6 Å². The van der Waals surface area contributed by atoms with Gasteiger partial charge in [-0.1, -0.05) is 19.9 Å². The van der Waals surface area contributed by atoms with E-state index in [9.17, 15) is 5.11 Å². The Hall–Kier alpha value is -1.22. The van der Waals surface area contributed by atoms with Gasteiger partial charge in [0.1, 0.15) is 0 Å². The summed E-state index contributed by atoms with van der Waals surface area (Å²) in [6.45, 7) is 6.08. The summed E-state index contributed by atoms with van der Waals surface area (Å²) in [5, 5.41) is 9.39. The number of hydrogen-bond donors (Lipinski definition) is 1. The third-order valence-corrected chi connectivity index (χ3v) is 2.92. The quantitative estimate of drug-likeness (QED) is 0.852. The summed E-state index contributed by atoms with van der Waals surface area (Å²) >= 11 is 0. The van der Waals surface area contributed by atoms with Crippen LogP contribution >= 0.6 is 0 Å². The zero-order valence-electron chi connectivity index (χ0n) is 10.6. The Bertz CT molecular complexity index is 370. The molecule has 3 heteroatoms. The van der Waals surface area contributed by atoms with E-state index in [1.807, 2.05) is 32.9 Å². The lowest BCUT2D eigenvalue weighted by Crippen LogP contribution is -2.23. The molecular formula is C13H20O3. The Kier molecular flexibility index (Phi) is 3.81. The molecule has 16 heavy (non-hydrogen) atoms. The molecule has 0 aliphatic carbocycles. The highest BCUT2D eigenvalue weighted by molar-refractivity contribution is 5.52. The molecule has 0 atom stereocenters. The normalized spacial score (nSPS) is 11.4. The fourth-order valence-electron chi connectivity index (χ4n) is 1.90. The predicted molar refractivity (Wildman–Crippen MR) is 64.4 cm³/mol. The maximum absolute atomic E-state index is 9.39. The van der Waals surface area contributed by atoms with Gasteiger partial charge >= 0.3 is 0 Å². The van der Waals surface area contributed by atoms with Gasteiger partial charge in [-0.25, -0.2) is 0 Å². The second kappa shape index (κ2) is 4.74. The molecule has 1 rings (SSSR count). The van der Waals surface area contributed by atoms with Crippen LogP contribution in [0.2, 0.25) is 0 Å². The molecule has 0 amide bonds. The average Bonchev–Trinajstić information content (AvgIpc) is 2.28. The van der Waals surface area contributed by atoms with Crippen LogP contribution < -0.4 is 9.47 Å². The Labute approximate surface area is 97.0 Å². The van der Waals surface area contributed by atoms with Gasteiger partial charge in [0.2, 0.25) is 0 Å². The van der Waals surface area contributed by atoms with Crippen molar-refractivity contribution in [2.45, 2.75) is 26.2 Å². The van der Waals surface area contributed by atoms with Crippen LogP contribution in [0.4, 0.5) is 0 Å². The standard InChI is InChI=1S/C13H20O3/c1-9-10(13(2,3)8-14)6-7-11(15-4)12(9)16-5/h6-7,14H,8H2,1-5H3. The molecule has 1 N–H and O–H groups in total.